The van der Waals surface area contributed by atoms with Gasteiger partial charge in [0.1, 0.15) is 0 Å². The second kappa shape index (κ2) is 8.74. The van der Waals surface area contributed by atoms with Crippen molar-refractivity contribution >= 4 is 28.9 Å². The number of carbonyl (C=O) groups is 1. The van der Waals surface area contributed by atoms with Gasteiger partial charge in [-0.05, 0) is 66.4 Å². The fourth-order valence-electron chi connectivity index (χ4n) is 2.98. The summed E-state index contributed by atoms with van der Waals surface area (Å²) in [5.41, 5.74) is 5.81. The number of nitrogens with one attached hydrogen (secondary N) is 2. The highest BCUT2D eigenvalue weighted by Crippen LogP contribution is 2.21. The Morgan fingerprint density at radius 2 is 1.78 bits per heavy atom. The summed E-state index contributed by atoms with van der Waals surface area (Å²) in [5, 5.41) is 7.08. The lowest BCUT2D eigenvalue weighted by atomic mass is 10.1. The van der Waals surface area contributed by atoms with Crippen LogP contribution < -0.4 is 10.6 Å². The Hall–Kier alpha value is -2.78. The van der Waals surface area contributed by atoms with Crippen molar-refractivity contribution in [1.29, 1.82) is 0 Å². The molecule has 27 heavy (non-hydrogen) atoms. The number of aryl methyl sites for hydroxylation is 2. The van der Waals surface area contributed by atoms with E-state index >= 15 is 0 Å². The van der Waals surface area contributed by atoms with Gasteiger partial charge in [0.15, 0.2) is 0 Å². The number of carbonyl (C=O) groups excluding carboxylic acids is 1. The van der Waals surface area contributed by atoms with Crippen LogP contribution in [0.15, 0.2) is 66.7 Å². The molecule has 0 atom stereocenters. The third-order valence-corrected chi connectivity index (χ3v) is 4.74. The largest absolute Gasteiger partial charge is 0.381 e. The number of anilines is 2. The molecule has 0 aliphatic carbocycles. The molecule has 0 aliphatic heterocycles. The number of hydrogen-bond donors (Lipinski definition) is 2. The zero-order valence-electron chi connectivity index (χ0n) is 15.6. The van der Waals surface area contributed by atoms with Crippen molar-refractivity contribution in [2.75, 3.05) is 10.6 Å². The van der Waals surface area contributed by atoms with Gasteiger partial charge < -0.3 is 10.6 Å². The molecule has 0 radical (unpaired) electrons. The minimum absolute atomic E-state index is 0.128. The third kappa shape index (κ3) is 4.89. The number of hydrogen-bond acceptors (Lipinski definition) is 2. The van der Waals surface area contributed by atoms with Crippen LogP contribution in [0, 0.1) is 6.92 Å². The summed E-state index contributed by atoms with van der Waals surface area (Å²) in [6.45, 7) is 4.73. The summed E-state index contributed by atoms with van der Waals surface area (Å²) in [6.07, 6.45) is 0.978. The van der Waals surface area contributed by atoms with E-state index in [1.54, 1.807) is 6.07 Å². The Morgan fingerprint density at radius 1 is 0.963 bits per heavy atom. The van der Waals surface area contributed by atoms with Crippen LogP contribution in [0.4, 0.5) is 11.4 Å². The molecule has 3 nitrogen and oxygen atoms in total. The van der Waals surface area contributed by atoms with Gasteiger partial charge in [-0.3, -0.25) is 4.79 Å². The first-order valence-corrected chi connectivity index (χ1v) is 9.43. The quantitative estimate of drug-likeness (QED) is 0.546. The van der Waals surface area contributed by atoms with Gasteiger partial charge in [-0.2, -0.15) is 0 Å². The van der Waals surface area contributed by atoms with Gasteiger partial charge in [0.2, 0.25) is 0 Å². The van der Waals surface area contributed by atoms with E-state index in [4.69, 9.17) is 11.6 Å². The normalized spacial score (nSPS) is 10.5. The number of halogens is 1. The van der Waals surface area contributed by atoms with E-state index in [9.17, 15) is 4.79 Å². The summed E-state index contributed by atoms with van der Waals surface area (Å²) < 4.78 is 0. The number of rotatable bonds is 6. The molecule has 0 saturated heterocycles. The van der Waals surface area contributed by atoms with Gasteiger partial charge in [0, 0.05) is 28.5 Å². The summed E-state index contributed by atoms with van der Waals surface area (Å²) in [4.78, 5) is 12.6. The average Bonchev–Trinajstić information content (AvgIpc) is 2.69. The molecule has 0 aliphatic rings. The first kappa shape index (κ1) is 19.0. The Bertz CT molecular complexity index is 953. The van der Waals surface area contributed by atoms with E-state index in [0.717, 1.165) is 28.9 Å². The van der Waals surface area contributed by atoms with E-state index < -0.39 is 0 Å². The zero-order valence-corrected chi connectivity index (χ0v) is 16.3. The Morgan fingerprint density at radius 3 is 2.56 bits per heavy atom. The van der Waals surface area contributed by atoms with Crippen LogP contribution in [0.25, 0.3) is 0 Å². The Kier molecular flexibility index (Phi) is 6.15. The van der Waals surface area contributed by atoms with E-state index in [0.29, 0.717) is 17.1 Å². The molecule has 0 spiro atoms. The molecule has 0 fully saturated rings. The molecule has 3 rings (SSSR count). The SMILES string of the molecule is CCc1ccccc1NCc1cccc(C(=O)Nc2ccc(Cl)cc2C)c1. The zero-order chi connectivity index (χ0) is 19.2. The molecular formula is C23H23ClN2O. The van der Waals surface area contributed by atoms with E-state index in [2.05, 4.69) is 29.7 Å². The van der Waals surface area contributed by atoms with Gasteiger partial charge in [-0.1, -0.05) is 48.9 Å². The van der Waals surface area contributed by atoms with Gasteiger partial charge in [0.25, 0.3) is 5.91 Å². The summed E-state index contributed by atoms with van der Waals surface area (Å²) in [5.74, 6) is -0.128. The highest BCUT2D eigenvalue weighted by atomic mass is 35.5. The van der Waals surface area contributed by atoms with Crippen molar-refractivity contribution in [3.63, 3.8) is 0 Å². The topological polar surface area (TPSA) is 41.1 Å². The van der Waals surface area contributed by atoms with Crippen molar-refractivity contribution in [2.24, 2.45) is 0 Å². The highest BCUT2D eigenvalue weighted by Gasteiger charge is 2.09. The van der Waals surface area contributed by atoms with Gasteiger partial charge in [0.05, 0.1) is 0 Å². The first-order valence-electron chi connectivity index (χ1n) is 9.05. The minimum atomic E-state index is -0.128. The molecule has 0 aromatic heterocycles. The smallest absolute Gasteiger partial charge is 0.255 e. The van der Waals surface area contributed by atoms with Crippen LogP contribution >= 0.6 is 11.6 Å². The number of amides is 1. The molecule has 1 amide bonds. The van der Waals surface area contributed by atoms with E-state index in [-0.39, 0.29) is 5.91 Å². The first-order chi connectivity index (χ1) is 13.1. The van der Waals surface area contributed by atoms with Crippen molar-refractivity contribution in [3.05, 3.63) is 94.0 Å². The second-order valence-electron chi connectivity index (χ2n) is 6.48. The third-order valence-electron chi connectivity index (χ3n) is 4.51. The van der Waals surface area contributed by atoms with Gasteiger partial charge in [-0.15, -0.1) is 0 Å². The molecule has 3 aromatic carbocycles. The lowest BCUT2D eigenvalue weighted by molar-refractivity contribution is 0.102. The summed E-state index contributed by atoms with van der Waals surface area (Å²) in [7, 11) is 0. The number of para-hydroxylation sites is 1. The van der Waals surface area contributed by atoms with Crippen LogP contribution in [-0.4, -0.2) is 5.91 Å². The molecule has 4 heteroatoms. The van der Waals surface area contributed by atoms with Crippen molar-refractivity contribution in [1.82, 2.24) is 0 Å². The average molecular weight is 379 g/mol. The lowest BCUT2D eigenvalue weighted by Crippen LogP contribution is -2.13. The predicted octanol–water partition coefficient (Wildman–Crippen LogP) is 6.08. The van der Waals surface area contributed by atoms with Crippen LogP contribution in [0.1, 0.15) is 34.0 Å². The predicted molar refractivity (Wildman–Crippen MR) is 114 cm³/mol. The van der Waals surface area contributed by atoms with Crippen molar-refractivity contribution in [3.8, 4) is 0 Å². The molecule has 0 saturated carbocycles. The minimum Gasteiger partial charge on any atom is -0.381 e. The van der Waals surface area contributed by atoms with Crippen molar-refractivity contribution in [2.45, 2.75) is 26.8 Å². The highest BCUT2D eigenvalue weighted by molar-refractivity contribution is 6.30. The fraction of sp³-hybridized carbons (Fsp3) is 0.174. The number of benzene rings is 3. The maximum Gasteiger partial charge on any atom is 0.255 e. The molecule has 0 unspecified atom stereocenters. The molecule has 3 aromatic rings. The monoisotopic (exact) mass is 378 g/mol. The van der Waals surface area contributed by atoms with Gasteiger partial charge in [-0.25, -0.2) is 0 Å². The van der Waals surface area contributed by atoms with E-state index in [1.165, 1.54) is 5.56 Å². The van der Waals surface area contributed by atoms with Crippen LogP contribution in [0.5, 0.6) is 0 Å². The molecule has 0 heterocycles. The van der Waals surface area contributed by atoms with Crippen LogP contribution in [0.2, 0.25) is 5.02 Å². The summed E-state index contributed by atoms with van der Waals surface area (Å²) >= 11 is 5.98. The van der Waals surface area contributed by atoms with Gasteiger partial charge >= 0.3 is 0 Å². The lowest BCUT2D eigenvalue weighted by Gasteiger charge is -2.12. The van der Waals surface area contributed by atoms with Crippen LogP contribution in [0.3, 0.4) is 0 Å². The maximum atomic E-state index is 12.6. The molecule has 0 bridgehead atoms. The molecule has 2 N–H and O–H groups in total. The Labute approximate surface area is 165 Å². The maximum absolute atomic E-state index is 12.6. The van der Waals surface area contributed by atoms with Crippen molar-refractivity contribution < 1.29 is 4.79 Å². The summed E-state index contributed by atoms with van der Waals surface area (Å²) in [6, 6.07) is 21.4. The van der Waals surface area contributed by atoms with Crippen LogP contribution in [-0.2, 0) is 13.0 Å². The molecular weight excluding hydrogens is 356 g/mol. The fourth-order valence-corrected chi connectivity index (χ4v) is 3.21. The van der Waals surface area contributed by atoms with E-state index in [1.807, 2.05) is 55.5 Å². The second-order valence-corrected chi connectivity index (χ2v) is 6.91. The molecule has 138 valence electrons. The Balaban J connectivity index is 1.70. The standard InChI is InChI=1S/C23H23ClN2O/c1-3-18-8-4-5-10-22(18)25-15-17-7-6-9-19(14-17)23(27)26-21-12-11-20(24)13-16(21)2/h4-14,25H,3,15H2,1-2H3,(H,26,27).